The molecule has 2 rings (SSSR count). The molecule has 0 aromatic heterocycles. The number of ether oxygens (including phenoxy) is 2. The fourth-order valence-corrected chi connectivity index (χ4v) is 2.46. The lowest BCUT2D eigenvalue weighted by Crippen LogP contribution is -2.24. The molecule has 9 heteroatoms. The Kier molecular flexibility index (Phi) is 8.00. The highest BCUT2D eigenvalue weighted by molar-refractivity contribution is 6.32. The second-order valence-electron chi connectivity index (χ2n) is 5.52. The highest BCUT2D eigenvalue weighted by Crippen LogP contribution is 2.35. The van der Waals surface area contributed by atoms with Crippen LogP contribution in [0, 0.1) is 18.2 Å². The number of halogens is 2. The minimum Gasteiger partial charge on any atom is -0.493 e. The van der Waals surface area contributed by atoms with E-state index in [1.165, 1.54) is 37.6 Å². The lowest BCUT2D eigenvalue weighted by atomic mass is 10.2. The van der Waals surface area contributed by atoms with Crippen molar-refractivity contribution < 1.29 is 23.5 Å². The number of nitrogens with one attached hydrogen (secondary N) is 2. The quantitative estimate of drug-likeness (QED) is 0.299. The molecule has 0 fully saturated rings. The summed E-state index contributed by atoms with van der Waals surface area (Å²) < 4.78 is 24.0. The average Bonchev–Trinajstić information content (AvgIpc) is 2.68. The van der Waals surface area contributed by atoms with Crippen molar-refractivity contribution in [3.05, 3.63) is 52.8 Å². The van der Waals surface area contributed by atoms with Crippen molar-refractivity contribution in [3.8, 4) is 23.8 Å². The molecule has 2 N–H and O–H groups in total. The minimum atomic E-state index is -0.679. The third-order valence-electron chi connectivity index (χ3n) is 3.42. The fourth-order valence-electron chi connectivity index (χ4n) is 2.19. The Morgan fingerprint density at radius 2 is 2.07 bits per heavy atom. The number of amides is 2. The van der Waals surface area contributed by atoms with Crippen molar-refractivity contribution >= 4 is 35.3 Å². The average molecular weight is 418 g/mol. The van der Waals surface area contributed by atoms with Crippen molar-refractivity contribution in [2.24, 2.45) is 5.10 Å². The van der Waals surface area contributed by atoms with Gasteiger partial charge in [0.05, 0.1) is 24.0 Å². The van der Waals surface area contributed by atoms with E-state index in [4.69, 9.17) is 27.5 Å². The van der Waals surface area contributed by atoms with Crippen LogP contribution in [-0.4, -0.2) is 31.7 Å². The van der Waals surface area contributed by atoms with Crippen molar-refractivity contribution in [2.45, 2.75) is 6.42 Å². The predicted molar refractivity (Wildman–Crippen MR) is 108 cm³/mol. The smallest absolute Gasteiger partial charge is 0.249 e. The van der Waals surface area contributed by atoms with Gasteiger partial charge in [-0.1, -0.05) is 29.7 Å². The number of para-hydroxylation sites is 1. The summed E-state index contributed by atoms with van der Waals surface area (Å²) in [5.74, 6) is 1.000. The Morgan fingerprint density at radius 1 is 1.31 bits per heavy atom. The zero-order chi connectivity index (χ0) is 21.2. The van der Waals surface area contributed by atoms with Crippen LogP contribution >= 0.6 is 11.6 Å². The summed E-state index contributed by atoms with van der Waals surface area (Å²) in [4.78, 5) is 23.6. The number of benzene rings is 2. The molecule has 2 aromatic rings. The lowest BCUT2D eigenvalue weighted by molar-refractivity contribution is -0.126. The Morgan fingerprint density at radius 3 is 2.76 bits per heavy atom. The topological polar surface area (TPSA) is 89.0 Å². The second-order valence-corrected chi connectivity index (χ2v) is 5.93. The van der Waals surface area contributed by atoms with Gasteiger partial charge in [0, 0.05) is 0 Å². The van der Waals surface area contributed by atoms with E-state index < -0.39 is 24.1 Å². The number of terminal acetylenes is 1. The third kappa shape index (κ3) is 6.52. The molecule has 0 saturated carbocycles. The highest BCUT2D eigenvalue weighted by Gasteiger charge is 2.12. The summed E-state index contributed by atoms with van der Waals surface area (Å²) in [7, 11) is 1.44. The van der Waals surface area contributed by atoms with Gasteiger partial charge in [0.1, 0.15) is 18.8 Å². The number of anilines is 1. The number of rotatable bonds is 8. The summed E-state index contributed by atoms with van der Waals surface area (Å²) >= 11 is 6.14. The summed E-state index contributed by atoms with van der Waals surface area (Å²) in [5.41, 5.74) is 2.70. The van der Waals surface area contributed by atoms with Gasteiger partial charge in [0.15, 0.2) is 11.5 Å². The Bertz CT molecular complexity index is 973. The molecule has 2 amide bonds. The molecule has 0 aliphatic rings. The van der Waals surface area contributed by atoms with Crippen LogP contribution < -0.4 is 20.2 Å². The normalized spacial score (nSPS) is 10.3. The molecule has 0 aliphatic carbocycles. The van der Waals surface area contributed by atoms with Crippen LogP contribution in [-0.2, 0) is 9.59 Å². The SMILES string of the molecule is C#CCOc1c(Cl)cc(C=NNC(=O)CC(=O)Nc2ccccc2F)cc1OC. The summed E-state index contributed by atoms with van der Waals surface area (Å²) in [6.07, 6.45) is 5.94. The molecule has 2 aromatic carbocycles. The second kappa shape index (κ2) is 10.7. The largest absolute Gasteiger partial charge is 0.493 e. The Labute approximate surface area is 171 Å². The third-order valence-corrected chi connectivity index (χ3v) is 3.70. The number of hydrazone groups is 1. The molecular weight excluding hydrogens is 401 g/mol. The molecule has 150 valence electrons. The van der Waals surface area contributed by atoms with Crippen LogP contribution in [0.3, 0.4) is 0 Å². The van der Waals surface area contributed by atoms with Gasteiger partial charge in [-0.25, -0.2) is 9.82 Å². The first-order chi connectivity index (χ1) is 13.9. The molecule has 0 aliphatic heterocycles. The van der Waals surface area contributed by atoms with E-state index in [-0.39, 0.29) is 23.1 Å². The van der Waals surface area contributed by atoms with Crippen LogP contribution in [0.1, 0.15) is 12.0 Å². The maximum atomic E-state index is 13.5. The van der Waals surface area contributed by atoms with Crippen molar-refractivity contribution in [1.29, 1.82) is 0 Å². The van der Waals surface area contributed by atoms with Gasteiger partial charge in [-0.05, 0) is 29.8 Å². The first-order valence-corrected chi connectivity index (χ1v) is 8.62. The number of hydrogen-bond donors (Lipinski definition) is 2. The van der Waals surface area contributed by atoms with Crippen LogP contribution in [0.25, 0.3) is 0 Å². The van der Waals surface area contributed by atoms with Crippen LogP contribution in [0.15, 0.2) is 41.5 Å². The van der Waals surface area contributed by atoms with Crippen LogP contribution in [0.5, 0.6) is 11.5 Å². The van der Waals surface area contributed by atoms with E-state index in [1.807, 2.05) is 0 Å². The van der Waals surface area contributed by atoms with Crippen LogP contribution in [0.2, 0.25) is 5.02 Å². The van der Waals surface area contributed by atoms with Gasteiger partial charge in [0.25, 0.3) is 0 Å². The lowest BCUT2D eigenvalue weighted by Gasteiger charge is -2.11. The molecule has 7 nitrogen and oxygen atoms in total. The van der Waals surface area contributed by atoms with Crippen molar-refractivity contribution in [1.82, 2.24) is 5.43 Å². The standard InChI is InChI=1S/C20H17ClFN3O4/c1-3-8-29-20-14(21)9-13(10-17(20)28-2)12-23-25-19(27)11-18(26)24-16-7-5-4-6-15(16)22/h1,4-7,9-10,12H,8,11H2,2H3,(H,24,26)(H,25,27). The summed E-state index contributed by atoms with van der Waals surface area (Å²) in [6, 6.07) is 8.75. The molecule has 0 saturated heterocycles. The highest BCUT2D eigenvalue weighted by atomic mass is 35.5. The van der Waals surface area contributed by atoms with Crippen LogP contribution in [0.4, 0.5) is 10.1 Å². The van der Waals surface area contributed by atoms with E-state index in [0.29, 0.717) is 11.3 Å². The van der Waals surface area contributed by atoms with E-state index in [1.54, 1.807) is 12.1 Å². The fraction of sp³-hybridized carbons (Fsp3) is 0.150. The first-order valence-electron chi connectivity index (χ1n) is 8.24. The zero-order valence-electron chi connectivity index (χ0n) is 15.4. The van der Waals surface area contributed by atoms with Gasteiger partial charge in [0.2, 0.25) is 11.8 Å². The van der Waals surface area contributed by atoms with E-state index in [2.05, 4.69) is 21.8 Å². The maximum Gasteiger partial charge on any atom is 0.249 e. The molecule has 0 atom stereocenters. The monoisotopic (exact) mass is 417 g/mol. The molecule has 0 heterocycles. The van der Waals surface area contributed by atoms with Gasteiger partial charge in [-0.15, -0.1) is 6.42 Å². The Balaban J connectivity index is 1.94. The zero-order valence-corrected chi connectivity index (χ0v) is 16.1. The number of carbonyl (C=O) groups is 2. The first kappa shape index (κ1) is 21.7. The van der Waals surface area contributed by atoms with Gasteiger partial charge in [-0.2, -0.15) is 5.10 Å². The van der Waals surface area contributed by atoms with E-state index in [0.717, 1.165) is 0 Å². The van der Waals surface area contributed by atoms with Gasteiger partial charge < -0.3 is 14.8 Å². The molecule has 0 radical (unpaired) electrons. The Hall–Kier alpha value is -3.57. The molecule has 0 spiro atoms. The molecule has 0 bridgehead atoms. The molecular formula is C20H17ClFN3O4. The molecule has 29 heavy (non-hydrogen) atoms. The molecule has 0 unspecified atom stereocenters. The summed E-state index contributed by atoms with van der Waals surface area (Å²) in [5, 5.41) is 6.31. The van der Waals surface area contributed by atoms with Gasteiger partial charge in [-0.3, -0.25) is 9.59 Å². The van der Waals surface area contributed by atoms with Crippen molar-refractivity contribution in [3.63, 3.8) is 0 Å². The minimum absolute atomic E-state index is 0.0114. The summed E-state index contributed by atoms with van der Waals surface area (Å²) in [6.45, 7) is 0.0223. The van der Waals surface area contributed by atoms with Crippen molar-refractivity contribution in [2.75, 3.05) is 19.0 Å². The number of methoxy groups -OCH3 is 1. The number of carbonyl (C=O) groups excluding carboxylic acids is 2. The maximum absolute atomic E-state index is 13.5. The number of nitrogens with zero attached hydrogens (tertiary/aromatic N) is 1. The predicted octanol–water partition coefficient (Wildman–Crippen LogP) is 2.98. The number of hydrogen-bond acceptors (Lipinski definition) is 5. The van der Waals surface area contributed by atoms with E-state index in [9.17, 15) is 14.0 Å². The van der Waals surface area contributed by atoms with Gasteiger partial charge >= 0.3 is 0 Å². The van der Waals surface area contributed by atoms with E-state index >= 15 is 0 Å².